The van der Waals surface area contributed by atoms with Gasteiger partial charge in [-0.05, 0) is 64.8 Å². The molecule has 1 amide bonds. The van der Waals surface area contributed by atoms with E-state index in [-0.39, 0.29) is 23.7 Å². The molecule has 1 aromatic carbocycles. The number of benzene rings is 1. The normalized spacial score (nSPS) is 20.7. The molecule has 3 N–H and O–H groups in total. The lowest BCUT2D eigenvalue weighted by Crippen LogP contribution is -2.62. The Labute approximate surface area is 199 Å². The number of hydrogen-bond acceptors (Lipinski definition) is 8. The highest BCUT2D eigenvalue weighted by Crippen LogP contribution is 2.36. The van der Waals surface area contributed by atoms with E-state index < -0.39 is 16.9 Å². The maximum absolute atomic E-state index is 14.2. The number of rotatable bonds is 5. The van der Waals surface area contributed by atoms with Gasteiger partial charge in [0.25, 0.3) is 5.91 Å². The second kappa shape index (κ2) is 9.44. The number of hydroxylamine groups is 2. The van der Waals surface area contributed by atoms with Crippen molar-refractivity contribution in [2.75, 3.05) is 36.5 Å². The Kier molecular flexibility index (Phi) is 6.75. The van der Waals surface area contributed by atoms with Gasteiger partial charge < -0.3 is 25.5 Å². The number of carbonyl (C=O) groups is 1. The molecule has 2 saturated heterocycles. The predicted octanol–water partition coefficient (Wildman–Crippen LogP) is 3.34. The highest BCUT2D eigenvalue weighted by molar-refractivity contribution is 5.94. The highest BCUT2D eigenvalue weighted by atomic mass is 19.1. The molecule has 4 rings (SSSR count). The Morgan fingerprint density at radius 2 is 1.74 bits per heavy atom. The number of piperidine rings is 1. The third kappa shape index (κ3) is 5.29. The van der Waals surface area contributed by atoms with Crippen LogP contribution >= 0.6 is 0 Å². The van der Waals surface area contributed by atoms with Crippen LogP contribution in [0.4, 0.5) is 21.8 Å². The summed E-state index contributed by atoms with van der Waals surface area (Å²) in [6.07, 6.45) is 2.44. The third-order valence-corrected chi connectivity index (χ3v) is 6.41. The summed E-state index contributed by atoms with van der Waals surface area (Å²) in [5.74, 6) is -0.114. The third-order valence-electron chi connectivity index (χ3n) is 6.41. The Morgan fingerprint density at radius 3 is 2.35 bits per heavy atom. The van der Waals surface area contributed by atoms with Crippen molar-refractivity contribution in [3.8, 4) is 0 Å². The van der Waals surface area contributed by atoms with E-state index in [0.717, 1.165) is 6.20 Å². The van der Waals surface area contributed by atoms with Crippen LogP contribution in [0.3, 0.4) is 0 Å². The summed E-state index contributed by atoms with van der Waals surface area (Å²) in [6, 6.07) is 6.92. The Balaban J connectivity index is 1.40. The van der Waals surface area contributed by atoms with Crippen LogP contribution in [0, 0.1) is 5.82 Å². The van der Waals surface area contributed by atoms with Crippen LogP contribution in [0.25, 0.3) is 0 Å². The summed E-state index contributed by atoms with van der Waals surface area (Å²) in [4.78, 5) is 23.1. The zero-order valence-electron chi connectivity index (χ0n) is 20.1. The van der Waals surface area contributed by atoms with Crippen LogP contribution in [0.5, 0.6) is 0 Å². The topological polar surface area (TPSA) is 103 Å². The molecule has 2 aliphatic heterocycles. The van der Waals surface area contributed by atoms with E-state index in [2.05, 4.69) is 20.6 Å². The minimum Gasteiger partial charge on any atom is -0.378 e. The molecule has 10 heteroatoms. The molecular weight excluding hydrogens is 439 g/mol. The van der Waals surface area contributed by atoms with Crippen LogP contribution in [0.1, 0.15) is 50.9 Å². The summed E-state index contributed by atoms with van der Waals surface area (Å²) in [5.41, 5.74) is 0.333. The second-order valence-corrected chi connectivity index (χ2v) is 10.2. The average molecular weight is 473 g/mol. The Bertz CT molecular complexity index is 1010. The SMILES string of the molecule is CC1(C)CC(NC(=O)c2ccc(Nc3ncc(F)c(N4CCOCC4)n3)cc2)CC(C)(C)N1O. The van der Waals surface area contributed by atoms with Gasteiger partial charge in [-0.25, -0.2) is 9.37 Å². The molecule has 0 radical (unpaired) electrons. The van der Waals surface area contributed by atoms with Crippen LogP contribution < -0.4 is 15.5 Å². The molecule has 3 heterocycles. The molecule has 0 aliphatic carbocycles. The number of anilines is 3. The van der Waals surface area contributed by atoms with E-state index in [4.69, 9.17) is 4.74 Å². The smallest absolute Gasteiger partial charge is 0.251 e. The summed E-state index contributed by atoms with van der Waals surface area (Å²) in [5, 5.41) is 18.0. The Hall–Kier alpha value is -2.82. The lowest BCUT2D eigenvalue weighted by Gasteiger charge is -2.51. The van der Waals surface area contributed by atoms with Crippen LogP contribution in [-0.2, 0) is 4.74 Å². The van der Waals surface area contributed by atoms with Crippen LogP contribution in [0.15, 0.2) is 30.5 Å². The van der Waals surface area contributed by atoms with E-state index in [0.29, 0.717) is 50.4 Å². The van der Waals surface area contributed by atoms with E-state index in [1.807, 2.05) is 32.6 Å². The van der Waals surface area contributed by atoms with Crippen molar-refractivity contribution in [2.45, 2.75) is 57.7 Å². The van der Waals surface area contributed by atoms with Gasteiger partial charge in [-0.3, -0.25) is 4.79 Å². The molecule has 2 fully saturated rings. The first kappa shape index (κ1) is 24.3. The number of nitrogens with one attached hydrogen (secondary N) is 2. The number of nitrogens with zero attached hydrogens (tertiary/aromatic N) is 4. The number of amides is 1. The van der Waals surface area contributed by atoms with E-state index in [1.54, 1.807) is 24.3 Å². The first-order valence-electron chi connectivity index (χ1n) is 11.6. The molecule has 0 saturated carbocycles. The maximum Gasteiger partial charge on any atom is 0.251 e. The summed E-state index contributed by atoms with van der Waals surface area (Å²) in [7, 11) is 0. The zero-order chi connectivity index (χ0) is 24.5. The van der Waals surface area contributed by atoms with Gasteiger partial charge in [-0.2, -0.15) is 10.0 Å². The fourth-order valence-corrected chi connectivity index (χ4v) is 4.89. The lowest BCUT2D eigenvalue weighted by molar-refractivity contribution is -0.245. The molecule has 9 nitrogen and oxygen atoms in total. The minimum absolute atomic E-state index is 0.0510. The average Bonchev–Trinajstić information content (AvgIpc) is 2.79. The summed E-state index contributed by atoms with van der Waals surface area (Å²) < 4.78 is 19.6. The first-order chi connectivity index (χ1) is 16.0. The van der Waals surface area contributed by atoms with Gasteiger partial charge in [-0.15, -0.1) is 0 Å². The van der Waals surface area contributed by atoms with E-state index in [1.165, 1.54) is 5.06 Å². The van der Waals surface area contributed by atoms with Crippen molar-refractivity contribution in [3.63, 3.8) is 0 Å². The van der Waals surface area contributed by atoms with Gasteiger partial charge in [0, 0.05) is 41.5 Å². The van der Waals surface area contributed by atoms with Gasteiger partial charge >= 0.3 is 0 Å². The molecule has 1 aromatic heterocycles. The van der Waals surface area contributed by atoms with E-state index >= 15 is 0 Å². The lowest BCUT2D eigenvalue weighted by atomic mass is 9.79. The highest BCUT2D eigenvalue weighted by Gasteiger charge is 2.45. The van der Waals surface area contributed by atoms with E-state index in [9.17, 15) is 14.4 Å². The number of aromatic nitrogens is 2. The fourth-order valence-electron chi connectivity index (χ4n) is 4.89. The van der Waals surface area contributed by atoms with Crippen molar-refractivity contribution in [3.05, 3.63) is 41.8 Å². The summed E-state index contributed by atoms with van der Waals surface area (Å²) in [6.45, 7) is 10.1. The number of hydrogen-bond donors (Lipinski definition) is 3. The van der Waals surface area contributed by atoms with Crippen molar-refractivity contribution in [2.24, 2.45) is 0 Å². The molecule has 2 aliphatic rings. The molecule has 2 aromatic rings. The Morgan fingerprint density at radius 1 is 1.12 bits per heavy atom. The zero-order valence-corrected chi connectivity index (χ0v) is 20.1. The summed E-state index contributed by atoms with van der Waals surface area (Å²) >= 11 is 0. The van der Waals surface area contributed by atoms with Gasteiger partial charge in [0.2, 0.25) is 5.95 Å². The second-order valence-electron chi connectivity index (χ2n) is 10.2. The standard InChI is InChI=1S/C24H33FN6O3/c1-23(2)13-18(14-24(3,4)31(23)33)27-21(32)16-5-7-17(8-6-16)28-22-26-15-19(25)20(29-22)30-9-11-34-12-10-30/h5-8,15,18,33H,9-14H2,1-4H3,(H,27,32)(H,26,28,29). The monoisotopic (exact) mass is 472 g/mol. The van der Waals surface area contributed by atoms with Crippen LogP contribution in [0.2, 0.25) is 0 Å². The number of morpholine rings is 1. The first-order valence-corrected chi connectivity index (χ1v) is 11.6. The molecule has 34 heavy (non-hydrogen) atoms. The molecule has 0 atom stereocenters. The number of ether oxygens (including phenoxy) is 1. The van der Waals surface area contributed by atoms with Crippen molar-refractivity contribution in [1.82, 2.24) is 20.3 Å². The number of carbonyl (C=O) groups excluding carboxylic acids is 1. The molecule has 184 valence electrons. The van der Waals surface area contributed by atoms with Gasteiger partial charge in [0.15, 0.2) is 11.6 Å². The molecule has 0 bridgehead atoms. The van der Waals surface area contributed by atoms with Crippen molar-refractivity contribution >= 4 is 23.4 Å². The van der Waals surface area contributed by atoms with Crippen molar-refractivity contribution in [1.29, 1.82) is 0 Å². The molecule has 0 unspecified atom stereocenters. The largest absolute Gasteiger partial charge is 0.378 e. The van der Waals surface area contributed by atoms with Crippen LogP contribution in [-0.4, -0.2) is 69.6 Å². The fraction of sp³-hybridized carbons (Fsp3) is 0.542. The van der Waals surface area contributed by atoms with Crippen molar-refractivity contribution < 1.29 is 19.1 Å². The van der Waals surface area contributed by atoms with Gasteiger partial charge in [-0.1, -0.05) is 0 Å². The number of halogens is 1. The quantitative estimate of drug-likeness (QED) is 0.609. The van der Waals surface area contributed by atoms with Gasteiger partial charge in [0.05, 0.1) is 19.4 Å². The maximum atomic E-state index is 14.2. The van der Waals surface area contributed by atoms with Gasteiger partial charge in [0.1, 0.15) is 0 Å². The molecular formula is C24H33FN6O3. The predicted molar refractivity (Wildman–Crippen MR) is 127 cm³/mol. The molecule has 0 spiro atoms. The minimum atomic E-state index is -0.474.